The number of carbonyl (C=O) groups is 1. The van der Waals surface area contributed by atoms with E-state index in [0.29, 0.717) is 5.88 Å². The van der Waals surface area contributed by atoms with Crippen LogP contribution in [0.4, 0.5) is 4.79 Å². The fourth-order valence-corrected chi connectivity index (χ4v) is 2.36. The zero-order valence-electron chi connectivity index (χ0n) is 11.8. The smallest absolute Gasteiger partial charge is 0.422 e. The molecule has 0 radical (unpaired) electrons. The van der Waals surface area contributed by atoms with E-state index in [1.807, 2.05) is 13.8 Å². The van der Waals surface area contributed by atoms with Gasteiger partial charge < -0.3 is 4.74 Å². The molecule has 0 saturated carbocycles. The van der Waals surface area contributed by atoms with Crippen molar-refractivity contribution in [3.05, 3.63) is 0 Å². The predicted octanol–water partition coefficient (Wildman–Crippen LogP) is 2.00. The minimum absolute atomic E-state index is 0.216. The van der Waals surface area contributed by atoms with Crippen LogP contribution in [0.5, 0.6) is 0 Å². The Morgan fingerprint density at radius 2 is 1.95 bits per heavy atom. The summed E-state index contributed by atoms with van der Waals surface area (Å²) in [6.07, 6.45) is 0.227. The molecule has 8 heteroatoms. The van der Waals surface area contributed by atoms with Crippen molar-refractivity contribution in [2.75, 3.05) is 12.4 Å². The summed E-state index contributed by atoms with van der Waals surface area (Å²) < 4.78 is 32.0. The molecule has 0 aromatic carbocycles. The molecule has 0 atom stereocenters. The van der Waals surface area contributed by atoms with Crippen molar-refractivity contribution in [1.29, 1.82) is 0 Å². The van der Waals surface area contributed by atoms with Gasteiger partial charge in [0.2, 0.25) is 0 Å². The predicted molar refractivity (Wildman–Crippen MR) is 75.4 cm³/mol. The first-order valence-electron chi connectivity index (χ1n) is 6.12. The lowest BCUT2D eigenvalue weighted by Gasteiger charge is -2.24. The average Bonchev–Trinajstić information content (AvgIpc) is 2.22. The van der Waals surface area contributed by atoms with Gasteiger partial charge in [-0.3, -0.25) is 0 Å². The first kappa shape index (κ1) is 18.5. The van der Waals surface area contributed by atoms with E-state index in [2.05, 4.69) is 4.72 Å². The summed E-state index contributed by atoms with van der Waals surface area (Å²) in [6, 6.07) is 0. The van der Waals surface area contributed by atoms with Crippen molar-refractivity contribution in [2.24, 2.45) is 5.41 Å². The molecule has 0 aliphatic rings. The Balaban J connectivity index is 4.27. The molecule has 0 rings (SSSR count). The largest absolute Gasteiger partial charge is 0.446 e. The Bertz CT molecular complexity index is 382. The zero-order valence-corrected chi connectivity index (χ0v) is 13.4. The van der Waals surface area contributed by atoms with Gasteiger partial charge in [-0.25, -0.2) is 9.52 Å². The van der Waals surface area contributed by atoms with E-state index in [-0.39, 0.29) is 18.1 Å². The highest BCUT2D eigenvalue weighted by Gasteiger charge is 2.22. The van der Waals surface area contributed by atoms with Crippen LogP contribution in [-0.4, -0.2) is 33.0 Å². The van der Waals surface area contributed by atoms with Crippen molar-refractivity contribution in [3.63, 3.8) is 0 Å². The molecule has 0 aliphatic carbocycles. The SMILES string of the molecule is CC(C)OC(=O)NS(=O)(=O)NCC(C)(C)CCCCl. The van der Waals surface area contributed by atoms with Crippen molar-refractivity contribution in [1.82, 2.24) is 9.44 Å². The van der Waals surface area contributed by atoms with Gasteiger partial charge in [0.05, 0.1) is 6.10 Å². The van der Waals surface area contributed by atoms with Crippen LogP contribution < -0.4 is 9.44 Å². The zero-order chi connectivity index (χ0) is 15.1. The summed E-state index contributed by atoms with van der Waals surface area (Å²) in [5.74, 6) is 0.537. The normalized spacial score (nSPS) is 12.5. The lowest BCUT2D eigenvalue weighted by Crippen LogP contribution is -2.44. The topological polar surface area (TPSA) is 84.5 Å². The second-order valence-electron chi connectivity index (χ2n) is 5.34. The molecule has 0 aromatic heterocycles. The molecular formula is C11H23ClN2O4S. The summed E-state index contributed by atoms with van der Waals surface area (Å²) >= 11 is 5.60. The highest BCUT2D eigenvalue weighted by Crippen LogP contribution is 2.21. The highest BCUT2D eigenvalue weighted by atomic mass is 35.5. The van der Waals surface area contributed by atoms with E-state index in [4.69, 9.17) is 16.3 Å². The van der Waals surface area contributed by atoms with Gasteiger partial charge in [0.15, 0.2) is 0 Å². The van der Waals surface area contributed by atoms with Crippen LogP contribution in [0.15, 0.2) is 0 Å². The third-order valence-electron chi connectivity index (χ3n) is 2.29. The lowest BCUT2D eigenvalue weighted by atomic mass is 9.88. The van der Waals surface area contributed by atoms with Gasteiger partial charge >= 0.3 is 16.3 Å². The van der Waals surface area contributed by atoms with Gasteiger partial charge in [0.1, 0.15) is 0 Å². The molecule has 0 bridgehead atoms. The van der Waals surface area contributed by atoms with Crippen molar-refractivity contribution in [2.45, 2.75) is 46.6 Å². The maximum atomic E-state index is 11.6. The van der Waals surface area contributed by atoms with E-state index < -0.39 is 16.3 Å². The summed E-state index contributed by atoms with van der Waals surface area (Å²) in [6.45, 7) is 7.33. The van der Waals surface area contributed by atoms with Crippen LogP contribution >= 0.6 is 11.6 Å². The minimum Gasteiger partial charge on any atom is -0.446 e. The Labute approximate surface area is 120 Å². The number of nitrogens with one attached hydrogen (secondary N) is 2. The van der Waals surface area contributed by atoms with Gasteiger partial charge in [-0.05, 0) is 32.1 Å². The van der Waals surface area contributed by atoms with E-state index in [0.717, 1.165) is 12.8 Å². The molecule has 2 N–H and O–H groups in total. The number of halogens is 1. The van der Waals surface area contributed by atoms with Gasteiger partial charge in [0.25, 0.3) is 0 Å². The van der Waals surface area contributed by atoms with Crippen LogP contribution in [0.3, 0.4) is 0 Å². The van der Waals surface area contributed by atoms with Crippen molar-refractivity contribution in [3.8, 4) is 0 Å². The monoisotopic (exact) mass is 314 g/mol. The molecule has 0 unspecified atom stereocenters. The molecule has 0 aromatic rings. The minimum atomic E-state index is -3.89. The molecule has 0 spiro atoms. The molecule has 0 saturated heterocycles. The van der Waals surface area contributed by atoms with Gasteiger partial charge in [-0.15, -0.1) is 11.6 Å². The number of hydrogen-bond acceptors (Lipinski definition) is 4. The van der Waals surface area contributed by atoms with E-state index in [1.165, 1.54) is 0 Å². The Hall–Kier alpha value is -0.530. The molecular weight excluding hydrogens is 292 g/mol. The third-order valence-corrected chi connectivity index (χ3v) is 3.52. The van der Waals surface area contributed by atoms with Gasteiger partial charge in [-0.1, -0.05) is 13.8 Å². The Kier molecular flexibility index (Phi) is 7.69. The second-order valence-corrected chi connectivity index (χ2v) is 7.22. The fourth-order valence-electron chi connectivity index (χ4n) is 1.31. The second kappa shape index (κ2) is 7.91. The lowest BCUT2D eigenvalue weighted by molar-refractivity contribution is 0.121. The van der Waals surface area contributed by atoms with E-state index >= 15 is 0 Å². The van der Waals surface area contributed by atoms with Crippen LogP contribution in [0, 0.1) is 5.41 Å². The third kappa shape index (κ3) is 9.98. The van der Waals surface area contributed by atoms with Gasteiger partial charge in [0, 0.05) is 12.4 Å². The molecule has 6 nitrogen and oxygen atoms in total. The fraction of sp³-hybridized carbons (Fsp3) is 0.909. The van der Waals surface area contributed by atoms with Crippen molar-refractivity contribution < 1.29 is 17.9 Å². The van der Waals surface area contributed by atoms with Gasteiger partial charge in [-0.2, -0.15) is 13.1 Å². The number of rotatable bonds is 8. The summed E-state index contributed by atoms with van der Waals surface area (Å²) in [7, 11) is -3.89. The maximum Gasteiger partial charge on any atom is 0.422 e. The molecule has 19 heavy (non-hydrogen) atoms. The summed E-state index contributed by atoms with van der Waals surface area (Å²) in [4.78, 5) is 11.2. The van der Waals surface area contributed by atoms with Crippen LogP contribution in [0.1, 0.15) is 40.5 Å². The number of alkyl halides is 1. The summed E-state index contributed by atoms with van der Waals surface area (Å²) in [5, 5.41) is 0. The molecule has 0 heterocycles. The average molecular weight is 315 g/mol. The first-order valence-corrected chi connectivity index (χ1v) is 8.14. The number of carbonyl (C=O) groups excluding carboxylic acids is 1. The van der Waals surface area contributed by atoms with Crippen LogP contribution in [0.25, 0.3) is 0 Å². The van der Waals surface area contributed by atoms with Crippen LogP contribution in [0.2, 0.25) is 0 Å². The number of amides is 1. The number of hydrogen-bond donors (Lipinski definition) is 2. The number of ether oxygens (including phenoxy) is 1. The maximum absolute atomic E-state index is 11.6. The van der Waals surface area contributed by atoms with Crippen LogP contribution in [-0.2, 0) is 14.9 Å². The molecule has 0 aliphatic heterocycles. The standard InChI is InChI=1S/C11H23ClN2O4S/c1-9(2)18-10(15)14-19(16,17)13-8-11(3,4)6-5-7-12/h9,13H,5-8H2,1-4H3,(H,14,15). The quantitative estimate of drug-likeness (QED) is 0.671. The summed E-state index contributed by atoms with van der Waals surface area (Å²) in [5.41, 5.74) is -0.231. The molecule has 1 amide bonds. The van der Waals surface area contributed by atoms with E-state index in [9.17, 15) is 13.2 Å². The van der Waals surface area contributed by atoms with E-state index in [1.54, 1.807) is 18.6 Å². The van der Waals surface area contributed by atoms with Crippen molar-refractivity contribution >= 4 is 27.9 Å². The molecule has 114 valence electrons. The Morgan fingerprint density at radius 3 is 2.42 bits per heavy atom. The first-order chi connectivity index (χ1) is 8.58. The molecule has 0 fully saturated rings. The Morgan fingerprint density at radius 1 is 1.37 bits per heavy atom. The highest BCUT2D eigenvalue weighted by molar-refractivity contribution is 7.88.